The van der Waals surface area contributed by atoms with E-state index in [1.807, 2.05) is 27.8 Å². The van der Waals surface area contributed by atoms with Gasteiger partial charge in [0, 0.05) is 37.2 Å². The summed E-state index contributed by atoms with van der Waals surface area (Å²) in [6.45, 7) is 3.40. The van der Waals surface area contributed by atoms with Crippen molar-refractivity contribution in [2.45, 2.75) is 0 Å². The van der Waals surface area contributed by atoms with Gasteiger partial charge in [-0.25, -0.2) is 0 Å². The Morgan fingerprint density at radius 2 is 1.74 bits per heavy atom. The summed E-state index contributed by atoms with van der Waals surface area (Å²) in [5.74, 6) is 0.161. The first kappa shape index (κ1) is 12.2. The molecule has 1 aromatic heterocycles. The minimum absolute atomic E-state index is 0.161. The van der Waals surface area contributed by atoms with Crippen LogP contribution in [0.2, 0.25) is 0 Å². The fraction of sp³-hybridized carbons (Fsp3) is 0.267. The first-order chi connectivity index (χ1) is 9.34. The van der Waals surface area contributed by atoms with E-state index in [0.717, 1.165) is 31.7 Å². The molecule has 3 nitrogen and oxygen atoms in total. The van der Waals surface area contributed by atoms with Crippen molar-refractivity contribution in [2.24, 2.45) is 0 Å². The largest absolute Gasteiger partial charge is 0.368 e. The van der Waals surface area contributed by atoms with Crippen molar-refractivity contribution in [1.82, 2.24) is 4.90 Å². The van der Waals surface area contributed by atoms with Crippen LogP contribution in [0.25, 0.3) is 0 Å². The molecule has 19 heavy (non-hydrogen) atoms. The highest BCUT2D eigenvalue weighted by Gasteiger charge is 2.22. The third-order valence-corrected chi connectivity index (χ3v) is 4.14. The molecular formula is C15H16N2OS. The standard InChI is InChI=1S/C15H16N2OS/c18-15(13-6-11-19-12-13)17-9-7-16(8-10-17)14-4-2-1-3-5-14/h1-6,11-12H,7-10H2. The van der Waals surface area contributed by atoms with Crippen LogP contribution in [0.3, 0.4) is 0 Å². The zero-order chi connectivity index (χ0) is 13.1. The second kappa shape index (κ2) is 5.45. The molecule has 0 unspecified atom stereocenters. The van der Waals surface area contributed by atoms with Crippen LogP contribution in [0.4, 0.5) is 5.69 Å². The van der Waals surface area contributed by atoms with E-state index in [4.69, 9.17) is 0 Å². The third-order valence-electron chi connectivity index (χ3n) is 3.46. The number of thiophene rings is 1. The number of piperazine rings is 1. The minimum atomic E-state index is 0.161. The maximum atomic E-state index is 12.2. The van der Waals surface area contributed by atoms with Crippen molar-refractivity contribution in [1.29, 1.82) is 0 Å². The molecule has 3 rings (SSSR count). The number of hydrogen-bond acceptors (Lipinski definition) is 3. The molecule has 2 heterocycles. The van der Waals surface area contributed by atoms with Gasteiger partial charge in [0.15, 0.2) is 0 Å². The summed E-state index contributed by atoms with van der Waals surface area (Å²) < 4.78 is 0. The van der Waals surface area contributed by atoms with Crippen LogP contribution in [-0.4, -0.2) is 37.0 Å². The fourth-order valence-electron chi connectivity index (χ4n) is 2.38. The summed E-state index contributed by atoms with van der Waals surface area (Å²) in [5.41, 5.74) is 2.06. The average molecular weight is 272 g/mol. The molecule has 1 aliphatic rings. The molecule has 0 N–H and O–H groups in total. The Hall–Kier alpha value is -1.81. The van der Waals surface area contributed by atoms with E-state index >= 15 is 0 Å². The molecule has 98 valence electrons. The highest BCUT2D eigenvalue weighted by atomic mass is 32.1. The van der Waals surface area contributed by atoms with Crippen LogP contribution in [0.1, 0.15) is 10.4 Å². The topological polar surface area (TPSA) is 23.6 Å². The monoisotopic (exact) mass is 272 g/mol. The van der Waals surface area contributed by atoms with Crippen LogP contribution >= 0.6 is 11.3 Å². The lowest BCUT2D eigenvalue weighted by Gasteiger charge is -2.36. The minimum Gasteiger partial charge on any atom is -0.368 e. The highest BCUT2D eigenvalue weighted by molar-refractivity contribution is 7.08. The number of para-hydroxylation sites is 1. The Morgan fingerprint density at radius 1 is 1.00 bits per heavy atom. The number of amides is 1. The fourth-order valence-corrected chi connectivity index (χ4v) is 3.01. The predicted octanol–water partition coefficient (Wildman–Crippen LogP) is 2.71. The van der Waals surface area contributed by atoms with Gasteiger partial charge in [0.2, 0.25) is 0 Å². The molecule has 0 aliphatic carbocycles. The van der Waals surface area contributed by atoms with Gasteiger partial charge < -0.3 is 9.80 Å². The van der Waals surface area contributed by atoms with Crippen molar-refractivity contribution in [3.05, 3.63) is 52.7 Å². The van der Waals surface area contributed by atoms with E-state index in [-0.39, 0.29) is 5.91 Å². The Balaban J connectivity index is 1.62. The zero-order valence-electron chi connectivity index (χ0n) is 10.7. The van der Waals surface area contributed by atoms with Gasteiger partial charge in [0.1, 0.15) is 0 Å². The lowest BCUT2D eigenvalue weighted by molar-refractivity contribution is 0.0747. The zero-order valence-corrected chi connectivity index (χ0v) is 11.5. The van der Waals surface area contributed by atoms with Gasteiger partial charge in [-0.05, 0) is 23.6 Å². The van der Waals surface area contributed by atoms with E-state index < -0.39 is 0 Å². The average Bonchev–Trinajstić information content (AvgIpc) is 3.02. The van der Waals surface area contributed by atoms with Gasteiger partial charge >= 0.3 is 0 Å². The van der Waals surface area contributed by atoms with E-state index in [2.05, 4.69) is 29.2 Å². The second-order valence-electron chi connectivity index (χ2n) is 4.63. The number of anilines is 1. The van der Waals surface area contributed by atoms with Crippen LogP contribution in [0.5, 0.6) is 0 Å². The molecule has 1 fully saturated rings. The predicted molar refractivity (Wildman–Crippen MR) is 78.9 cm³/mol. The number of hydrogen-bond donors (Lipinski definition) is 0. The molecule has 0 spiro atoms. The van der Waals surface area contributed by atoms with Crippen molar-refractivity contribution >= 4 is 22.9 Å². The van der Waals surface area contributed by atoms with Gasteiger partial charge in [-0.15, -0.1) is 0 Å². The van der Waals surface area contributed by atoms with Gasteiger partial charge in [-0.1, -0.05) is 18.2 Å². The summed E-state index contributed by atoms with van der Waals surface area (Å²) >= 11 is 1.57. The van der Waals surface area contributed by atoms with Crippen molar-refractivity contribution in [3.8, 4) is 0 Å². The van der Waals surface area contributed by atoms with Crippen LogP contribution < -0.4 is 4.90 Å². The number of nitrogens with zero attached hydrogens (tertiary/aromatic N) is 2. The molecule has 0 saturated carbocycles. The SMILES string of the molecule is O=C(c1ccsc1)N1CCN(c2ccccc2)CC1. The quantitative estimate of drug-likeness (QED) is 0.839. The number of rotatable bonds is 2. The van der Waals surface area contributed by atoms with Crippen molar-refractivity contribution < 1.29 is 4.79 Å². The lowest BCUT2D eigenvalue weighted by Crippen LogP contribution is -2.48. The van der Waals surface area contributed by atoms with Gasteiger partial charge in [0.05, 0.1) is 5.56 Å². The van der Waals surface area contributed by atoms with Gasteiger partial charge in [0.25, 0.3) is 5.91 Å². The first-order valence-electron chi connectivity index (χ1n) is 6.46. The first-order valence-corrected chi connectivity index (χ1v) is 7.40. The Labute approximate surface area is 117 Å². The number of carbonyl (C=O) groups is 1. The molecular weight excluding hydrogens is 256 g/mol. The van der Waals surface area contributed by atoms with E-state index in [0.29, 0.717) is 0 Å². The van der Waals surface area contributed by atoms with E-state index in [1.54, 1.807) is 11.3 Å². The molecule has 2 aromatic rings. The van der Waals surface area contributed by atoms with Crippen molar-refractivity contribution in [3.63, 3.8) is 0 Å². The molecule has 1 amide bonds. The van der Waals surface area contributed by atoms with E-state index in [9.17, 15) is 4.79 Å². The second-order valence-corrected chi connectivity index (χ2v) is 5.41. The van der Waals surface area contributed by atoms with Gasteiger partial charge in [-0.3, -0.25) is 4.79 Å². The summed E-state index contributed by atoms with van der Waals surface area (Å²) in [7, 11) is 0. The summed E-state index contributed by atoms with van der Waals surface area (Å²) in [6, 6.07) is 12.3. The molecule has 0 radical (unpaired) electrons. The van der Waals surface area contributed by atoms with Crippen LogP contribution in [0.15, 0.2) is 47.2 Å². The Kier molecular flexibility index (Phi) is 3.51. The molecule has 1 saturated heterocycles. The maximum Gasteiger partial charge on any atom is 0.254 e. The Bertz CT molecular complexity index is 531. The summed E-state index contributed by atoms with van der Waals surface area (Å²) in [6.07, 6.45) is 0. The van der Waals surface area contributed by atoms with E-state index in [1.165, 1.54) is 5.69 Å². The number of carbonyl (C=O) groups excluding carboxylic acids is 1. The summed E-state index contributed by atoms with van der Waals surface area (Å²) in [5, 5.41) is 3.87. The van der Waals surface area contributed by atoms with Crippen LogP contribution in [0, 0.1) is 0 Å². The third kappa shape index (κ3) is 2.63. The number of benzene rings is 1. The van der Waals surface area contributed by atoms with Gasteiger partial charge in [-0.2, -0.15) is 11.3 Å². The highest BCUT2D eigenvalue weighted by Crippen LogP contribution is 2.17. The maximum absolute atomic E-state index is 12.2. The lowest BCUT2D eigenvalue weighted by atomic mass is 10.2. The molecule has 0 bridgehead atoms. The van der Waals surface area contributed by atoms with Crippen molar-refractivity contribution in [2.75, 3.05) is 31.1 Å². The Morgan fingerprint density at radius 3 is 2.37 bits per heavy atom. The van der Waals surface area contributed by atoms with Crippen LogP contribution in [-0.2, 0) is 0 Å². The molecule has 1 aliphatic heterocycles. The molecule has 4 heteroatoms. The normalized spacial score (nSPS) is 15.6. The smallest absolute Gasteiger partial charge is 0.254 e. The molecule has 0 atom stereocenters. The summed E-state index contributed by atoms with van der Waals surface area (Å²) in [4.78, 5) is 16.5. The molecule has 1 aromatic carbocycles.